The Balaban J connectivity index is 1.63. The number of carbonyl (C=O) groups is 1. The standard InChI is InChI=1S/C12H17N3O3/c1-2-17-11(16)10-5-9(10)8-6-14-15(7-8)12-13-3-4-18-12/h6-7,9-10,12-13H,2-5H2,1H3. The van der Waals surface area contributed by atoms with Gasteiger partial charge in [-0.25, -0.2) is 4.68 Å². The second kappa shape index (κ2) is 4.70. The summed E-state index contributed by atoms with van der Waals surface area (Å²) in [6.07, 6.45) is 4.46. The van der Waals surface area contributed by atoms with Gasteiger partial charge in [0.2, 0.25) is 6.35 Å². The third-order valence-electron chi connectivity index (χ3n) is 3.37. The Hall–Kier alpha value is -1.40. The topological polar surface area (TPSA) is 65.4 Å². The fraction of sp³-hybridized carbons (Fsp3) is 0.667. The molecule has 2 fully saturated rings. The van der Waals surface area contributed by atoms with Crippen molar-refractivity contribution in [3.63, 3.8) is 0 Å². The largest absolute Gasteiger partial charge is 0.466 e. The minimum Gasteiger partial charge on any atom is -0.466 e. The summed E-state index contributed by atoms with van der Waals surface area (Å²) in [7, 11) is 0. The summed E-state index contributed by atoms with van der Waals surface area (Å²) in [6.45, 7) is 3.82. The van der Waals surface area contributed by atoms with E-state index in [1.54, 1.807) is 4.68 Å². The van der Waals surface area contributed by atoms with Crippen LogP contribution in [-0.4, -0.2) is 35.5 Å². The molecule has 0 bridgehead atoms. The van der Waals surface area contributed by atoms with Gasteiger partial charge in [0.25, 0.3) is 0 Å². The minimum absolute atomic E-state index is 0.0139. The number of aromatic nitrogens is 2. The molecule has 1 saturated heterocycles. The molecule has 6 nitrogen and oxygen atoms in total. The molecule has 3 unspecified atom stereocenters. The highest BCUT2D eigenvalue weighted by Gasteiger charge is 2.45. The summed E-state index contributed by atoms with van der Waals surface area (Å²) < 4.78 is 12.3. The van der Waals surface area contributed by atoms with Crippen LogP contribution >= 0.6 is 0 Å². The van der Waals surface area contributed by atoms with Crippen LogP contribution in [0.1, 0.15) is 31.2 Å². The van der Waals surface area contributed by atoms with E-state index in [1.807, 2.05) is 19.3 Å². The van der Waals surface area contributed by atoms with Gasteiger partial charge in [-0.3, -0.25) is 10.1 Å². The van der Waals surface area contributed by atoms with Crippen LogP contribution in [-0.2, 0) is 14.3 Å². The molecule has 1 aromatic heterocycles. The van der Waals surface area contributed by atoms with E-state index in [0.29, 0.717) is 13.2 Å². The van der Waals surface area contributed by atoms with Crippen LogP contribution in [0.4, 0.5) is 0 Å². The van der Waals surface area contributed by atoms with Crippen LogP contribution in [0, 0.1) is 5.92 Å². The minimum atomic E-state index is -0.168. The molecule has 1 saturated carbocycles. The monoisotopic (exact) mass is 251 g/mol. The van der Waals surface area contributed by atoms with E-state index in [9.17, 15) is 4.79 Å². The Morgan fingerprint density at radius 1 is 1.72 bits per heavy atom. The molecule has 0 aromatic carbocycles. The molecular weight excluding hydrogens is 234 g/mol. The van der Waals surface area contributed by atoms with Gasteiger partial charge < -0.3 is 9.47 Å². The third kappa shape index (κ3) is 2.13. The highest BCUT2D eigenvalue weighted by atomic mass is 16.5. The predicted octanol–water partition coefficient (Wildman–Crippen LogP) is 0.626. The first-order chi connectivity index (χ1) is 8.79. The van der Waals surface area contributed by atoms with Crippen LogP contribution in [0.3, 0.4) is 0 Å². The van der Waals surface area contributed by atoms with E-state index in [-0.39, 0.29) is 24.2 Å². The van der Waals surface area contributed by atoms with Crippen LogP contribution in [0.15, 0.2) is 12.4 Å². The smallest absolute Gasteiger partial charge is 0.309 e. The number of rotatable bonds is 4. The maximum absolute atomic E-state index is 11.6. The van der Waals surface area contributed by atoms with Gasteiger partial charge in [0.1, 0.15) is 0 Å². The zero-order valence-corrected chi connectivity index (χ0v) is 10.3. The number of hydrogen-bond acceptors (Lipinski definition) is 5. The Bertz CT molecular complexity index is 440. The van der Waals surface area contributed by atoms with Crippen LogP contribution in [0.5, 0.6) is 0 Å². The Labute approximate surface area is 105 Å². The second-order valence-electron chi connectivity index (χ2n) is 4.63. The van der Waals surface area contributed by atoms with Crippen molar-refractivity contribution in [2.45, 2.75) is 25.6 Å². The van der Waals surface area contributed by atoms with Gasteiger partial charge in [0.15, 0.2) is 0 Å². The maximum atomic E-state index is 11.6. The number of ether oxygens (including phenoxy) is 2. The molecule has 0 amide bonds. The lowest BCUT2D eigenvalue weighted by Crippen LogP contribution is -2.21. The van der Waals surface area contributed by atoms with Gasteiger partial charge >= 0.3 is 5.97 Å². The second-order valence-corrected chi connectivity index (χ2v) is 4.63. The van der Waals surface area contributed by atoms with Gasteiger partial charge in [-0.1, -0.05) is 0 Å². The predicted molar refractivity (Wildman–Crippen MR) is 62.7 cm³/mol. The van der Waals surface area contributed by atoms with Crippen LogP contribution in [0.2, 0.25) is 0 Å². The summed E-state index contributed by atoms with van der Waals surface area (Å²) in [5.74, 6) is 0.185. The Morgan fingerprint density at radius 3 is 3.33 bits per heavy atom. The Kier molecular flexibility index (Phi) is 3.05. The van der Waals surface area contributed by atoms with Crippen molar-refractivity contribution in [3.05, 3.63) is 18.0 Å². The number of nitrogens with one attached hydrogen (secondary N) is 1. The first-order valence-electron chi connectivity index (χ1n) is 6.35. The molecule has 3 rings (SSSR count). The zero-order chi connectivity index (χ0) is 12.5. The van der Waals surface area contributed by atoms with E-state index in [0.717, 1.165) is 18.5 Å². The molecule has 1 aromatic rings. The van der Waals surface area contributed by atoms with Crippen molar-refractivity contribution in [2.24, 2.45) is 5.92 Å². The van der Waals surface area contributed by atoms with Crippen molar-refractivity contribution >= 4 is 5.97 Å². The van der Waals surface area contributed by atoms with Crippen molar-refractivity contribution < 1.29 is 14.3 Å². The molecule has 6 heteroatoms. The normalized spacial score (nSPS) is 30.4. The number of esters is 1. The van der Waals surface area contributed by atoms with Crippen LogP contribution < -0.4 is 5.32 Å². The molecule has 1 N–H and O–H groups in total. The van der Waals surface area contributed by atoms with Gasteiger partial charge in [-0.2, -0.15) is 5.10 Å². The van der Waals surface area contributed by atoms with E-state index in [2.05, 4.69) is 10.4 Å². The summed E-state index contributed by atoms with van der Waals surface area (Å²) in [5, 5.41) is 7.46. The molecule has 3 atom stereocenters. The molecule has 0 radical (unpaired) electrons. The van der Waals surface area contributed by atoms with Crippen molar-refractivity contribution in [1.82, 2.24) is 15.1 Å². The van der Waals surface area contributed by atoms with Crippen molar-refractivity contribution in [2.75, 3.05) is 19.8 Å². The van der Waals surface area contributed by atoms with E-state index in [4.69, 9.17) is 9.47 Å². The average molecular weight is 251 g/mol. The highest BCUT2D eigenvalue weighted by molar-refractivity contribution is 5.77. The van der Waals surface area contributed by atoms with Crippen molar-refractivity contribution in [1.29, 1.82) is 0 Å². The fourth-order valence-electron chi connectivity index (χ4n) is 2.33. The number of nitrogens with zero attached hydrogens (tertiary/aromatic N) is 2. The lowest BCUT2D eigenvalue weighted by molar-refractivity contribution is -0.144. The third-order valence-corrected chi connectivity index (χ3v) is 3.37. The average Bonchev–Trinajstić information content (AvgIpc) is 2.82. The Morgan fingerprint density at radius 2 is 2.61 bits per heavy atom. The summed E-state index contributed by atoms with van der Waals surface area (Å²) in [5.41, 5.74) is 1.09. The van der Waals surface area contributed by atoms with Gasteiger partial charge in [0.05, 0.1) is 25.3 Å². The summed E-state index contributed by atoms with van der Waals surface area (Å²) >= 11 is 0. The molecule has 18 heavy (non-hydrogen) atoms. The summed E-state index contributed by atoms with van der Waals surface area (Å²) in [4.78, 5) is 11.6. The molecule has 1 aliphatic carbocycles. The molecule has 2 heterocycles. The van der Waals surface area contributed by atoms with Gasteiger partial charge in [-0.05, 0) is 18.9 Å². The van der Waals surface area contributed by atoms with E-state index < -0.39 is 0 Å². The molecule has 98 valence electrons. The lowest BCUT2D eigenvalue weighted by atomic mass is 10.2. The van der Waals surface area contributed by atoms with E-state index >= 15 is 0 Å². The molecule has 0 spiro atoms. The van der Waals surface area contributed by atoms with Crippen molar-refractivity contribution in [3.8, 4) is 0 Å². The quantitative estimate of drug-likeness (QED) is 0.795. The molecule has 2 aliphatic rings. The number of hydrogen-bond donors (Lipinski definition) is 1. The van der Waals surface area contributed by atoms with Gasteiger partial charge in [0, 0.05) is 18.7 Å². The lowest BCUT2D eigenvalue weighted by Gasteiger charge is -2.09. The number of carbonyl (C=O) groups excluding carboxylic acids is 1. The van der Waals surface area contributed by atoms with Crippen LogP contribution in [0.25, 0.3) is 0 Å². The molecular formula is C12H17N3O3. The zero-order valence-electron chi connectivity index (χ0n) is 10.3. The first kappa shape index (κ1) is 11.7. The highest BCUT2D eigenvalue weighted by Crippen LogP contribution is 2.48. The fourth-order valence-corrected chi connectivity index (χ4v) is 2.33. The van der Waals surface area contributed by atoms with Gasteiger partial charge in [-0.15, -0.1) is 0 Å². The maximum Gasteiger partial charge on any atom is 0.309 e. The summed E-state index contributed by atoms with van der Waals surface area (Å²) in [6, 6.07) is 0. The SMILES string of the molecule is CCOC(=O)C1CC1c1cnn(C2NCCO2)c1. The molecule has 1 aliphatic heterocycles. The van der Waals surface area contributed by atoms with E-state index in [1.165, 1.54) is 0 Å². The first-order valence-corrected chi connectivity index (χ1v) is 6.35.